The molecule has 2 aromatic rings. The summed E-state index contributed by atoms with van der Waals surface area (Å²) in [5.74, 6) is 1.88. The van der Waals surface area contributed by atoms with Crippen molar-refractivity contribution in [2.45, 2.75) is 39.8 Å². The van der Waals surface area contributed by atoms with Crippen molar-refractivity contribution in [1.82, 2.24) is 15.1 Å². The van der Waals surface area contributed by atoms with Crippen LogP contribution in [0.3, 0.4) is 0 Å². The Labute approximate surface area is 183 Å². The number of hydrogen-bond acceptors (Lipinski definition) is 4. The molecule has 0 bridgehead atoms. The van der Waals surface area contributed by atoms with Gasteiger partial charge in [-0.25, -0.2) is 0 Å². The van der Waals surface area contributed by atoms with Crippen LogP contribution in [0.15, 0.2) is 40.7 Å². The van der Waals surface area contributed by atoms with Gasteiger partial charge in [-0.2, -0.15) is 0 Å². The predicted octanol–water partition coefficient (Wildman–Crippen LogP) is 3.52. The second-order valence-corrected chi connectivity index (χ2v) is 8.35. The molecular weight excluding hydrogens is 396 g/mol. The summed E-state index contributed by atoms with van der Waals surface area (Å²) >= 11 is 1.79. The highest BCUT2D eigenvalue weighted by atomic mass is 32.1. The summed E-state index contributed by atoms with van der Waals surface area (Å²) in [6, 6.07) is 10.3. The summed E-state index contributed by atoms with van der Waals surface area (Å²) in [6.45, 7) is 8.26. The van der Waals surface area contributed by atoms with Crippen LogP contribution in [0.25, 0.3) is 0 Å². The van der Waals surface area contributed by atoms with Gasteiger partial charge in [0.25, 0.3) is 0 Å². The number of carbonyl (C=O) groups excluding carboxylic acids is 1. The SMILES string of the molecule is CCNC(=NCCC(=O)N1CCc2sccc2C1)N(C)Cc1ccc(OCC)cc1. The Kier molecular flexibility index (Phi) is 8.13. The van der Waals surface area contributed by atoms with Crippen LogP contribution in [0.5, 0.6) is 5.75 Å². The van der Waals surface area contributed by atoms with Crippen molar-refractivity contribution >= 4 is 23.2 Å². The van der Waals surface area contributed by atoms with Crippen molar-refractivity contribution in [1.29, 1.82) is 0 Å². The molecular formula is C23H32N4O2S. The molecule has 0 fully saturated rings. The largest absolute Gasteiger partial charge is 0.494 e. The van der Waals surface area contributed by atoms with Gasteiger partial charge in [0.15, 0.2) is 5.96 Å². The summed E-state index contributed by atoms with van der Waals surface area (Å²) < 4.78 is 5.51. The molecule has 1 aromatic carbocycles. The van der Waals surface area contributed by atoms with E-state index in [1.807, 2.05) is 31.0 Å². The summed E-state index contributed by atoms with van der Waals surface area (Å²) in [6.07, 6.45) is 1.40. The van der Waals surface area contributed by atoms with Crippen molar-refractivity contribution in [2.24, 2.45) is 4.99 Å². The molecule has 0 unspecified atom stereocenters. The first-order chi connectivity index (χ1) is 14.6. The lowest BCUT2D eigenvalue weighted by Crippen LogP contribution is -2.39. The van der Waals surface area contributed by atoms with Crippen molar-refractivity contribution in [3.8, 4) is 5.75 Å². The van der Waals surface area contributed by atoms with Gasteiger partial charge in [-0.05, 0) is 55.0 Å². The molecule has 0 spiro atoms. The van der Waals surface area contributed by atoms with Crippen LogP contribution in [0.2, 0.25) is 0 Å². The minimum Gasteiger partial charge on any atom is -0.494 e. The van der Waals surface area contributed by atoms with E-state index in [0.717, 1.165) is 44.3 Å². The molecule has 0 atom stereocenters. The zero-order valence-corrected chi connectivity index (χ0v) is 19.0. The number of benzene rings is 1. The number of fused-ring (bicyclic) bond motifs is 1. The number of aliphatic imine (C=N–C) groups is 1. The lowest BCUT2D eigenvalue weighted by Gasteiger charge is -2.27. The van der Waals surface area contributed by atoms with Crippen molar-refractivity contribution in [3.05, 3.63) is 51.7 Å². The summed E-state index contributed by atoms with van der Waals surface area (Å²) in [5.41, 5.74) is 2.48. The van der Waals surface area contributed by atoms with E-state index < -0.39 is 0 Å². The minimum absolute atomic E-state index is 0.181. The van der Waals surface area contributed by atoms with E-state index in [-0.39, 0.29) is 5.91 Å². The highest BCUT2D eigenvalue weighted by Crippen LogP contribution is 2.24. The van der Waals surface area contributed by atoms with Gasteiger partial charge in [-0.1, -0.05) is 12.1 Å². The number of nitrogens with zero attached hydrogens (tertiary/aromatic N) is 3. The monoisotopic (exact) mass is 428 g/mol. The first-order valence-corrected chi connectivity index (χ1v) is 11.5. The second-order valence-electron chi connectivity index (χ2n) is 7.35. The van der Waals surface area contributed by atoms with E-state index in [9.17, 15) is 4.79 Å². The quantitative estimate of drug-likeness (QED) is 0.516. The molecule has 30 heavy (non-hydrogen) atoms. The third-order valence-corrected chi connectivity index (χ3v) is 6.12. The van der Waals surface area contributed by atoms with Gasteiger partial charge in [-0.15, -0.1) is 11.3 Å². The number of hydrogen-bond donors (Lipinski definition) is 1. The third-order valence-electron chi connectivity index (χ3n) is 5.10. The molecule has 3 rings (SSSR count). The zero-order valence-electron chi connectivity index (χ0n) is 18.2. The number of rotatable bonds is 8. The standard InChI is InChI=1S/C23H32N4O2S/c1-4-24-23(26(3)16-18-6-8-20(9-7-18)29-5-2)25-13-10-22(28)27-14-11-21-19(17-27)12-15-30-21/h6-9,12,15H,4-5,10-11,13-14,16-17H2,1-3H3,(H,24,25). The van der Waals surface area contributed by atoms with Crippen LogP contribution in [0, 0.1) is 0 Å². The molecule has 7 heteroatoms. The van der Waals surface area contributed by atoms with E-state index in [4.69, 9.17) is 4.74 Å². The molecule has 1 amide bonds. The van der Waals surface area contributed by atoms with Gasteiger partial charge in [0, 0.05) is 44.5 Å². The molecule has 0 radical (unpaired) electrons. The van der Waals surface area contributed by atoms with Crippen LogP contribution in [0.4, 0.5) is 0 Å². The van der Waals surface area contributed by atoms with Crippen LogP contribution in [-0.4, -0.2) is 55.0 Å². The van der Waals surface area contributed by atoms with E-state index in [1.54, 1.807) is 11.3 Å². The van der Waals surface area contributed by atoms with Gasteiger partial charge in [0.2, 0.25) is 5.91 Å². The number of amides is 1. The minimum atomic E-state index is 0.181. The van der Waals surface area contributed by atoms with Gasteiger partial charge in [0.1, 0.15) is 5.75 Å². The van der Waals surface area contributed by atoms with Crippen LogP contribution in [-0.2, 0) is 24.3 Å². The molecule has 1 aliphatic rings. The second kappa shape index (κ2) is 11.0. The van der Waals surface area contributed by atoms with Crippen LogP contribution < -0.4 is 10.1 Å². The van der Waals surface area contributed by atoms with E-state index in [0.29, 0.717) is 19.6 Å². The Morgan fingerprint density at radius 3 is 2.80 bits per heavy atom. The summed E-state index contributed by atoms with van der Waals surface area (Å²) in [4.78, 5) is 22.8. The number of nitrogens with one attached hydrogen (secondary N) is 1. The molecule has 162 valence electrons. The zero-order chi connectivity index (χ0) is 21.3. The lowest BCUT2D eigenvalue weighted by atomic mass is 10.1. The molecule has 1 N–H and O–H groups in total. The smallest absolute Gasteiger partial charge is 0.224 e. The average Bonchev–Trinajstić information content (AvgIpc) is 3.22. The predicted molar refractivity (Wildman–Crippen MR) is 123 cm³/mol. The Balaban J connectivity index is 1.52. The molecule has 1 aromatic heterocycles. The first-order valence-electron chi connectivity index (χ1n) is 10.6. The van der Waals surface area contributed by atoms with Gasteiger partial charge < -0.3 is 19.9 Å². The Bertz CT molecular complexity index is 847. The maximum Gasteiger partial charge on any atom is 0.224 e. The van der Waals surface area contributed by atoms with Crippen molar-refractivity contribution < 1.29 is 9.53 Å². The van der Waals surface area contributed by atoms with Crippen molar-refractivity contribution in [2.75, 3.05) is 33.3 Å². The van der Waals surface area contributed by atoms with Gasteiger partial charge >= 0.3 is 0 Å². The Morgan fingerprint density at radius 2 is 2.07 bits per heavy atom. The number of guanidine groups is 1. The molecule has 0 aliphatic carbocycles. The summed E-state index contributed by atoms with van der Waals surface area (Å²) in [7, 11) is 2.02. The van der Waals surface area contributed by atoms with Crippen molar-refractivity contribution in [3.63, 3.8) is 0 Å². The molecule has 0 saturated heterocycles. The molecule has 2 heterocycles. The van der Waals surface area contributed by atoms with Crippen LogP contribution in [0.1, 0.15) is 36.3 Å². The van der Waals surface area contributed by atoms with Gasteiger partial charge in [-0.3, -0.25) is 9.79 Å². The van der Waals surface area contributed by atoms with Gasteiger partial charge in [0.05, 0.1) is 13.2 Å². The molecule has 0 saturated carbocycles. The maximum absolute atomic E-state index is 12.6. The highest BCUT2D eigenvalue weighted by molar-refractivity contribution is 7.10. The first kappa shape index (κ1) is 22.2. The van der Waals surface area contributed by atoms with E-state index in [1.165, 1.54) is 16.0 Å². The Morgan fingerprint density at radius 1 is 1.27 bits per heavy atom. The third kappa shape index (κ3) is 5.98. The normalized spacial score (nSPS) is 13.7. The summed E-state index contributed by atoms with van der Waals surface area (Å²) in [5, 5.41) is 5.44. The fraction of sp³-hybridized carbons (Fsp3) is 0.478. The molecule has 6 nitrogen and oxygen atoms in total. The number of ether oxygens (including phenoxy) is 1. The lowest BCUT2D eigenvalue weighted by molar-refractivity contribution is -0.131. The Hall–Kier alpha value is -2.54. The van der Waals surface area contributed by atoms with E-state index in [2.05, 4.69) is 45.7 Å². The van der Waals surface area contributed by atoms with E-state index >= 15 is 0 Å². The topological polar surface area (TPSA) is 57.2 Å². The molecule has 1 aliphatic heterocycles. The number of thiophene rings is 1. The maximum atomic E-state index is 12.6. The fourth-order valence-electron chi connectivity index (χ4n) is 3.55. The number of carbonyl (C=O) groups is 1. The highest BCUT2D eigenvalue weighted by Gasteiger charge is 2.21. The average molecular weight is 429 g/mol. The van der Waals surface area contributed by atoms with Crippen LogP contribution >= 0.6 is 11.3 Å². The fourth-order valence-corrected chi connectivity index (χ4v) is 4.44.